The van der Waals surface area contributed by atoms with Crippen molar-refractivity contribution in [1.29, 1.82) is 5.26 Å². The monoisotopic (exact) mass is 140 g/mol. The van der Waals surface area contributed by atoms with E-state index in [2.05, 4.69) is 0 Å². The molecule has 1 N–H and O–H groups in total. The molecular formula is C7H12N2O. The van der Waals surface area contributed by atoms with Crippen LogP contribution in [0.5, 0.6) is 0 Å². The molecule has 3 heteroatoms. The lowest BCUT2D eigenvalue weighted by Gasteiger charge is -2.31. The minimum absolute atomic E-state index is 0.490. The topological polar surface area (TPSA) is 47.3 Å². The van der Waals surface area contributed by atoms with Crippen LogP contribution in [0.25, 0.3) is 0 Å². The van der Waals surface area contributed by atoms with E-state index in [4.69, 9.17) is 5.26 Å². The van der Waals surface area contributed by atoms with Gasteiger partial charge in [-0.1, -0.05) is 0 Å². The highest BCUT2D eigenvalue weighted by Crippen LogP contribution is 2.18. The van der Waals surface area contributed by atoms with Gasteiger partial charge in [-0.25, -0.2) is 0 Å². The number of piperidine rings is 1. The number of hydrogen-bond donors (Lipinski definition) is 1. The van der Waals surface area contributed by atoms with E-state index in [-0.39, 0.29) is 0 Å². The third-order valence-electron chi connectivity index (χ3n) is 1.87. The Bertz CT molecular complexity index is 163. The Balaban J connectivity index is 2.56. The minimum atomic E-state index is -1.08. The van der Waals surface area contributed by atoms with Crippen LogP contribution >= 0.6 is 0 Å². The second kappa shape index (κ2) is 2.57. The first-order valence-electron chi connectivity index (χ1n) is 3.48. The van der Waals surface area contributed by atoms with Crippen LogP contribution in [-0.4, -0.2) is 35.7 Å². The van der Waals surface area contributed by atoms with Crippen molar-refractivity contribution in [3.63, 3.8) is 0 Å². The fraction of sp³-hybridized carbons (Fsp3) is 0.857. The van der Waals surface area contributed by atoms with Gasteiger partial charge in [0.25, 0.3) is 0 Å². The molecule has 0 saturated carbocycles. The Kier molecular flexibility index (Phi) is 1.93. The summed E-state index contributed by atoms with van der Waals surface area (Å²) in [5.74, 6) is 0. The van der Waals surface area contributed by atoms with Gasteiger partial charge in [-0.2, -0.15) is 5.26 Å². The molecule has 10 heavy (non-hydrogen) atoms. The average Bonchev–Trinajstić information content (AvgIpc) is 1.88. The van der Waals surface area contributed by atoms with Crippen molar-refractivity contribution in [2.45, 2.75) is 18.4 Å². The van der Waals surface area contributed by atoms with E-state index in [0.29, 0.717) is 13.0 Å². The lowest BCUT2D eigenvalue weighted by atomic mass is 9.95. The highest BCUT2D eigenvalue weighted by atomic mass is 16.3. The van der Waals surface area contributed by atoms with Crippen molar-refractivity contribution in [3.8, 4) is 6.07 Å². The molecule has 0 aromatic heterocycles. The van der Waals surface area contributed by atoms with Gasteiger partial charge in [0.1, 0.15) is 0 Å². The van der Waals surface area contributed by atoms with Crippen LogP contribution in [0.15, 0.2) is 0 Å². The van der Waals surface area contributed by atoms with Crippen LogP contribution in [0.1, 0.15) is 12.8 Å². The van der Waals surface area contributed by atoms with Gasteiger partial charge in [0.05, 0.1) is 6.07 Å². The maximum Gasteiger partial charge on any atom is 0.163 e. The van der Waals surface area contributed by atoms with Gasteiger partial charge in [0.15, 0.2) is 5.60 Å². The molecule has 1 aliphatic heterocycles. The summed E-state index contributed by atoms with van der Waals surface area (Å²) < 4.78 is 0. The van der Waals surface area contributed by atoms with Crippen LogP contribution in [0.4, 0.5) is 0 Å². The van der Waals surface area contributed by atoms with Crippen molar-refractivity contribution < 1.29 is 5.11 Å². The van der Waals surface area contributed by atoms with E-state index < -0.39 is 5.60 Å². The highest BCUT2D eigenvalue weighted by molar-refractivity contribution is 5.03. The molecule has 0 bridgehead atoms. The summed E-state index contributed by atoms with van der Waals surface area (Å²) in [5, 5.41) is 18.0. The molecule has 0 aliphatic carbocycles. The molecule has 1 atom stereocenters. The summed E-state index contributed by atoms with van der Waals surface area (Å²) in [6.45, 7) is 1.48. The molecule has 1 aliphatic rings. The Hall–Kier alpha value is -0.590. The number of rotatable bonds is 0. The van der Waals surface area contributed by atoms with Gasteiger partial charge in [-0.3, -0.25) is 0 Å². The molecule has 0 aromatic rings. The third-order valence-corrected chi connectivity index (χ3v) is 1.87. The summed E-state index contributed by atoms with van der Waals surface area (Å²) >= 11 is 0. The summed E-state index contributed by atoms with van der Waals surface area (Å²) in [5.41, 5.74) is -1.08. The van der Waals surface area contributed by atoms with Crippen LogP contribution in [-0.2, 0) is 0 Å². The van der Waals surface area contributed by atoms with E-state index in [1.807, 2.05) is 18.0 Å². The maximum absolute atomic E-state index is 9.45. The first-order valence-corrected chi connectivity index (χ1v) is 3.48. The first kappa shape index (κ1) is 7.52. The quantitative estimate of drug-likeness (QED) is 0.480. The molecule has 1 saturated heterocycles. The van der Waals surface area contributed by atoms with Crippen molar-refractivity contribution >= 4 is 0 Å². The smallest absolute Gasteiger partial charge is 0.163 e. The predicted molar refractivity (Wildman–Crippen MR) is 37.3 cm³/mol. The molecule has 0 radical (unpaired) electrons. The predicted octanol–water partition coefficient (Wildman–Crippen LogP) is -0.0333. The van der Waals surface area contributed by atoms with Crippen molar-refractivity contribution in [1.82, 2.24) is 4.90 Å². The molecule has 1 fully saturated rings. The van der Waals surface area contributed by atoms with Gasteiger partial charge in [-0.05, 0) is 26.4 Å². The van der Waals surface area contributed by atoms with Gasteiger partial charge in [0, 0.05) is 6.54 Å². The third kappa shape index (κ3) is 1.47. The van der Waals surface area contributed by atoms with Gasteiger partial charge in [0.2, 0.25) is 0 Å². The number of likely N-dealkylation sites (tertiary alicyclic amines) is 1. The first-order chi connectivity index (χ1) is 4.66. The molecule has 1 heterocycles. The largest absolute Gasteiger partial charge is 0.374 e. The zero-order valence-electron chi connectivity index (χ0n) is 6.17. The normalized spacial score (nSPS) is 35.3. The van der Waals surface area contributed by atoms with Crippen LogP contribution in [0, 0.1) is 11.3 Å². The van der Waals surface area contributed by atoms with E-state index in [1.165, 1.54) is 0 Å². The molecule has 0 aromatic carbocycles. The fourth-order valence-electron chi connectivity index (χ4n) is 1.34. The summed E-state index contributed by atoms with van der Waals surface area (Å²) in [7, 11) is 1.92. The molecule has 56 valence electrons. The Morgan fingerprint density at radius 3 is 2.80 bits per heavy atom. The molecule has 1 unspecified atom stereocenters. The number of nitriles is 1. The van der Waals surface area contributed by atoms with Gasteiger partial charge < -0.3 is 10.0 Å². The molecule has 3 nitrogen and oxygen atoms in total. The van der Waals surface area contributed by atoms with E-state index in [1.54, 1.807) is 0 Å². The molecule has 0 spiro atoms. The molecule has 0 amide bonds. The number of β-amino-alcohol motifs (C(OH)–C–C–N with tert-alkyl or cyclic N) is 1. The Labute approximate surface area is 60.9 Å². The van der Waals surface area contributed by atoms with Crippen molar-refractivity contribution in [2.24, 2.45) is 0 Å². The standard InChI is InChI=1S/C7H12N2O/c1-9-4-2-3-7(10,5-8)6-9/h10H,2-4,6H2,1H3. The number of nitrogens with zero attached hydrogens (tertiary/aromatic N) is 2. The van der Waals surface area contributed by atoms with Crippen molar-refractivity contribution in [3.05, 3.63) is 0 Å². The van der Waals surface area contributed by atoms with E-state index in [9.17, 15) is 5.11 Å². The lowest BCUT2D eigenvalue weighted by Crippen LogP contribution is -2.45. The zero-order valence-corrected chi connectivity index (χ0v) is 6.17. The van der Waals surface area contributed by atoms with E-state index in [0.717, 1.165) is 13.0 Å². The molecular weight excluding hydrogens is 128 g/mol. The second-order valence-electron chi connectivity index (χ2n) is 2.98. The van der Waals surface area contributed by atoms with Gasteiger partial charge >= 0.3 is 0 Å². The van der Waals surface area contributed by atoms with Crippen molar-refractivity contribution in [2.75, 3.05) is 20.1 Å². The highest BCUT2D eigenvalue weighted by Gasteiger charge is 2.31. The minimum Gasteiger partial charge on any atom is -0.374 e. The summed E-state index contributed by atoms with van der Waals surface area (Å²) in [6, 6.07) is 1.92. The second-order valence-corrected chi connectivity index (χ2v) is 2.98. The lowest BCUT2D eigenvalue weighted by molar-refractivity contribution is 0.0245. The number of aliphatic hydroxyl groups is 1. The van der Waals surface area contributed by atoms with Crippen LogP contribution < -0.4 is 0 Å². The zero-order chi connectivity index (χ0) is 7.61. The van der Waals surface area contributed by atoms with Crippen LogP contribution in [0.3, 0.4) is 0 Å². The van der Waals surface area contributed by atoms with Crippen LogP contribution in [0.2, 0.25) is 0 Å². The number of hydrogen-bond acceptors (Lipinski definition) is 3. The number of likely N-dealkylation sites (N-methyl/N-ethyl adjacent to an activating group) is 1. The van der Waals surface area contributed by atoms with Gasteiger partial charge in [-0.15, -0.1) is 0 Å². The Morgan fingerprint density at radius 1 is 1.70 bits per heavy atom. The molecule has 1 rings (SSSR count). The average molecular weight is 140 g/mol. The van der Waals surface area contributed by atoms with E-state index >= 15 is 0 Å². The summed E-state index contributed by atoms with van der Waals surface area (Å²) in [6.07, 6.45) is 1.54. The Morgan fingerprint density at radius 2 is 2.40 bits per heavy atom. The fourth-order valence-corrected chi connectivity index (χ4v) is 1.34. The maximum atomic E-state index is 9.45. The SMILES string of the molecule is CN1CCCC(O)(C#N)C1. The summed E-state index contributed by atoms with van der Waals surface area (Å²) in [4.78, 5) is 1.98.